The van der Waals surface area contributed by atoms with Crippen molar-refractivity contribution < 1.29 is 23.1 Å². The lowest BCUT2D eigenvalue weighted by Crippen LogP contribution is -2.13. The number of nitrogens with zero attached hydrogens (tertiary/aromatic N) is 3. The van der Waals surface area contributed by atoms with E-state index in [2.05, 4.69) is 15.5 Å². The summed E-state index contributed by atoms with van der Waals surface area (Å²) in [4.78, 5) is 25.2. The van der Waals surface area contributed by atoms with Crippen molar-refractivity contribution in [3.63, 3.8) is 0 Å². The first-order valence-electron chi connectivity index (χ1n) is 9.99. The third-order valence-electron chi connectivity index (χ3n) is 4.94. The molecule has 4 N–H and O–H groups in total. The van der Waals surface area contributed by atoms with Gasteiger partial charge < -0.3 is 10.4 Å². The molecule has 172 valence electrons. The summed E-state index contributed by atoms with van der Waals surface area (Å²) in [5.74, 6) is -1.54. The van der Waals surface area contributed by atoms with E-state index >= 15 is 0 Å². The molecule has 34 heavy (non-hydrogen) atoms. The van der Waals surface area contributed by atoms with E-state index in [4.69, 9.17) is 5.14 Å². The van der Waals surface area contributed by atoms with Crippen LogP contribution >= 0.6 is 0 Å². The van der Waals surface area contributed by atoms with Crippen LogP contribution in [0.5, 0.6) is 5.88 Å². The predicted octanol–water partition coefficient (Wildman–Crippen LogP) is 3.41. The topological polar surface area (TPSA) is 156 Å². The van der Waals surface area contributed by atoms with E-state index in [0.29, 0.717) is 22.2 Å². The molecule has 0 aliphatic heterocycles. The van der Waals surface area contributed by atoms with Crippen LogP contribution in [0.3, 0.4) is 0 Å². The first-order chi connectivity index (χ1) is 16.3. The Morgan fingerprint density at radius 3 is 2.26 bits per heavy atom. The number of aromatic nitrogens is 1. The number of para-hydroxylation sites is 1. The molecule has 1 amide bonds. The number of azo groups is 1. The third-order valence-corrected chi connectivity index (χ3v) is 5.86. The molecular formula is C23H19N5O5S. The Morgan fingerprint density at radius 2 is 1.59 bits per heavy atom. The number of nitrogens with two attached hydrogens (primary N) is 1. The third kappa shape index (κ3) is 4.70. The van der Waals surface area contributed by atoms with Crippen molar-refractivity contribution in [2.45, 2.75) is 4.90 Å². The molecule has 0 unspecified atom stereocenters. The molecule has 10 nitrogen and oxygen atoms in total. The van der Waals surface area contributed by atoms with Gasteiger partial charge in [-0.05, 0) is 42.5 Å². The summed E-state index contributed by atoms with van der Waals surface area (Å²) in [7, 11) is -3.81. The van der Waals surface area contributed by atoms with E-state index in [-0.39, 0.29) is 17.1 Å². The lowest BCUT2D eigenvalue weighted by molar-refractivity contribution is -0.116. The molecule has 0 saturated heterocycles. The maximum absolute atomic E-state index is 13.0. The molecular weight excluding hydrogens is 458 g/mol. The zero-order valence-electron chi connectivity index (χ0n) is 17.6. The van der Waals surface area contributed by atoms with Crippen molar-refractivity contribution in [3.05, 3.63) is 84.4 Å². The molecule has 0 spiro atoms. The van der Waals surface area contributed by atoms with Gasteiger partial charge in [0.2, 0.25) is 15.9 Å². The summed E-state index contributed by atoms with van der Waals surface area (Å²) in [6.07, 6.45) is 0. The molecule has 0 saturated carbocycles. The first kappa shape index (κ1) is 22.8. The van der Waals surface area contributed by atoms with Gasteiger partial charge in [0.1, 0.15) is 0 Å². The first-order valence-corrected chi connectivity index (χ1v) is 11.5. The summed E-state index contributed by atoms with van der Waals surface area (Å²) in [6.45, 7) is -0.236. The van der Waals surface area contributed by atoms with E-state index < -0.39 is 27.7 Å². The fraction of sp³-hybridized carbons (Fsp3) is 0.0435. The number of fused-ring (bicyclic) bond motifs is 1. The summed E-state index contributed by atoms with van der Waals surface area (Å²) in [5, 5.41) is 26.6. The number of hydrogen-bond acceptors (Lipinski definition) is 7. The van der Waals surface area contributed by atoms with Crippen molar-refractivity contribution in [2.24, 2.45) is 15.4 Å². The average molecular weight is 478 g/mol. The van der Waals surface area contributed by atoms with Gasteiger partial charge in [-0.3, -0.25) is 9.59 Å². The van der Waals surface area contributed by atoms with Gasteiger partial charge in [-0.2, -0.15) is 0 Å². The van der Waals surface area contributed by atoms with Crippen LogP contribution in [0.4, 0.5) is 11.4 Å². The van der Waals surface area contributed by atoms with Crippen LogP contribution in [-0.2, 0) is 14.8 Å². The smallest absolute Gasteiger partial charge is 0.283 e. The molecule has 1 aromatic heterocycles. The highest BCUT2D eigenvalue weighted by atomic mass is 32.2. The summed E-state index contributed by atoms with van der Waals surface area (Å²) >= 11 is 0. The van der Waals surface area contributed by atoms with Gasteiger partial charge in [0.15, 0.2) is 5.69 Å². The summed E-state index contributed by atoms with van der Waals surface area (Å²) < 4.78 is 23.7. The number of primary sulfonamides is 1. The fourth-order valence-corrected chi connectivity index (χ4v) is 3.82. The van der Waals surface area contributed by atoms with Crippen LogP contribution in [-0.4, -0.2) is 36.5 Å². The predicted molar refractivity (Wildman–Crippen MR) is 126 cm³/mol. The van der Waals surface area contributed by atoms with Gasteiger partial charge in [0, 0.05) is 16.6 Å². The minimum absolute atomic E-state index is 0.00858. The molecule has 0 aliphatic rings. The molecule has 0 radical (unpaired) electrons. The van der Waals surface area contributed by atoms with Gasteiger partial charge in [-0.25, -0.2) is 18.1 Å². The van der Waals surface area contributed by atoms with Crippen molar-refractivity contribution in [1.29, 1.82) is 0 Å². The van der Waals surface area contributed by atoms with E-state index in [1.54, 1.807) is 54.6 Å². The Labute approximate surface area is 194 Å². The number of sulfonamides is 1. The highest BCUT2D eigenvalue weighted by Gasteiger charge is 2.22. The molecule has 0 aliphatic carbocycles. The maximum Gasteiger partial charge on any atom is 0.283 e. The van der Waals surface area contributed by atoms with Crippen molar-refractivity contribution >= 4 is 44.1 Å². The zero-order chi connectivity index (χ0) is 24.3. The molecule has 11 heteroatoms. The SMILES string of the molecule is NS(=O)(=O)c1ccc(NCC(=O)N=Nc2c(O)n(C(=O)c3ccccc3)c3ccccc23)cc1. The number of carbonyl (C=O) groups is 2. The standard InChI is InChI=1S/C23H19N5O5S/c24-34(32,33)17-12-10-16(11-13-17)25-14-20(29)26-27-21-18-8-4-5-9-19(18)28(23(21)31)22(30)15-6-2-1-3-7-15/h1-13,25,31H,14H2,(H2,24,32,33). The monoisotopic (exact) mass is 477 g/mol. The molecule has 1 heterocycles. The summed E-state index contributed by atoms with van der Waals surface area (Å²) in [5.41, 5.74) is 1.26. The van der Waals surface area contributed by atoms with Gasteiger partial charge in [-0.1, -0.05) is 36.4 Å². The van der Waals surface area contributed by atoms with Crippen LogP contribution in [0.2, 0.25) is 0 Å². The van der Waals surface area contributed by atoms with E-state index in [1.165, 1.54) is 24.3 Å². The quantitative estimate of drug-likeness (QED) is 0.361. The minimum Gasteiger partial charge on any atom is -0.493 e. The van der Waals surface area contributed by atoms with Gasteiger partial charge in [0.05, 0.1) is 17.0 Å². The van der Waals surface area contributed by atoms with Crippen molar-refractivity contribution in [2.75, 3.05) is 11.9 Å². The maximum atomic E-state index is 13.0. The van der Waals surface area contributed by atoms with Crippen LogP contribution in [0, 0.1) is 0 Å². The number of hydrogen-bond donors (Lipinski definition) is 3. The van der Waals surface area contributed by atoms with Gasteiger partial charge in [0.25, 0.3) is 11.8 Å². The van der Waals surface area contributed by atoms with Gasteiger partial charge in [-0.15, -0.1) is 10.2 Å². The number of rotatable bonds is 6. The second kappa shape index (κ2) is 9.25. The van der Waals surface area contributed by atoms with E-state index in [1.807, 2.05) is 0 Å². The second-order valence-electron chi connectivity index (χ2n) is 7.21. The minimum atomic E-state index is -3.81. The van der Waals surface area contributed by atoms with Crippen LogP contribution < -0.4 is 10.5 Å². The zero-order valence-corrected chi connectivity index (χ0v) is 18.4. The number of benzene rings is 3. The lowest BCUT2D eigenvalue weighted by atomic mass is 10.2. The van der Waals surface area contributed by atoms with Crippen molar-refractivity contribution in [1.82, 2.24) is 4.57 Å². The normalized spacial score (nSPS) is 11.7. The number of nitrogens with one attached hydrogen (secondary N) is 1. The highest BCUT2D eigenvalue weighted by Crippen LogP contribution is 2.39. The largest absolute Gasteiger partial charge is 0.493 e. The molecule has 3 aromatic carbocycles. The summed E-state index contributed by atoms with van der Waals surface area (Å²) in [6, 6.07) is 20.7. The average Bonchev–Trinajstić information content (AvgIpc) is 3.12. The molecule has 4 aromatic rings. The Bertz CT molecular complexity index is 1510. The van der Waals surface area contributed by atoms with Crippen LogP contribution in [0.15, 0.2) is 94.0 Å². The lowest BCUT2D eigenvalue weighted by Gasteiger charge is -2.05. The molecule has 0 fully saturated rings. The Balaban J connectivity index is 1.55. The highest BCUT2D eigenvalue weighted by molar-refractivity contribution is 7.89. The number of anilines is 1. The van der Waals surface area contributed by atoms with E-state index in [9.17, 15) is 23.1 Å². The fourth-order valence-electron chi connectivity index (χ4n) is 3.30. The van der Waals surface area contributed by atoms with Gasteiger partial charge >= 0.3 is 0 Å². The Kier molecular flexibility index (Phi) is 6.21. The van der Waals surface area contributed by atoms with Crippen LogP contribution in [0.1, 0.15) is 10.4 Å². The molecule has 0 bridgehead atoms. The van der Waals surface area contributed by atoms with Crippen LogP contribution in [0.25, 0.3) is 10.9 Å². The Morgan fingerprint density at radius 1 is 0.941 bits per heavy atom. The molecule has 0 atom stereocenters. The Hall–Kier alpha value is -4.35. The van der Waals surface area contributed by atoms with E-state index in [0.717, 1.165) is 4.57 Å². The second-order valence-corrected chi connectivity index (χ2v) is 8.77. The number of amides is 1. The number of aromatic hydroxyl groups is 1. The van der Waals surface area contributed by atoms with Crippen molar-refractivity contribution in [3.8, 4) is 5.88 Å². The number of carbonyl (C=O) groups excluding carboxylic acids is 2. The molecule has 4 rings (SSSR count).